The molecule has 5 nitrogen and oxygen atoms in total. The van der Waals surface area contributed by atoms with Crippen molar-refractivity contribution in [3.63, 3.8) is 0 Å². The molecule has 0 fully saturated rings. The molecule has 0 saturated carbocycles. The smallest absolute Gasteiger partial charge is 0.233 e. The molecule has 1 aromatic carbocycles. The number of benzene rings is 1. The SMILES string of the molecule is CN(Cc1ccc(F)cc1)C(=O)CSc1nnc(Cc2cccs2)n1C. The number of hydrogen-bond donors (Lipinski definition) is 0. The predicted octanol–water partition coefficient (Wildman–Crippen LogP) is 3.36. The van der Waals surface area contributed by atoms with Gasteiger partial charge in [0, 0.05) is 31.9 Å². The first-order chi connectivity index (χ1) is 12.5. The first-order valence-corrected chi connectivity index (χ1v) is 9.91. The lowest BCUT2D eigenvalue weighted by Gasteiger charge is -2.17. The molecule has 2 heterocycles. The summed E-state index contributed by atoms with van der Waals surface area (Å²) in [6, 6.07) is 10.3. The maximum absolute atomic E-state index is 13.0. The van der Waals surface area contributed by atoms with E-state index in [0.29, 0.717) is 6.54 Å². The Labute approximate surface area is 159 Å². The average Bonchev–Trinajstić information content (AvgIpc) is 3.26. The molecule has 8 heteroatoms. The van der Waals surface area contributed by atoms with E-state index in [1.54, 1.807) is 35.4 Å². The maximum Gasteiger partial charge on any atom is 0.233 e. The van der Waals surface area contributed by atoms with Crippen molar-refractivity contribution >= 4 is 29.0 Å². The molecule has 0 aliphatic heterocycles. The summed E-state index contributed by atoms with van der Waals surface area (Å²) < 4.78 is 14.9. The monoisotopic (exact) mass is 390 g/mol. The standard InChI is InChI=1S/C18H19FN4OS2/c1-22(11-13-5-7-14(19)8-6-13)17(24)12-26-18-21-20-16(23(18)2)10-15-4-3-9-25-15/h3-9H,10-12H2,1-2H3. The van der Waals surface area contributed by atoms with Crippen LogP contribution in [0.15, 0.2) is 46.9 Å². The van der Waals surface area contributed by atoms with Crippen LogP contribution in [-0.4, -0.2) is 38.4 Å². The van der Waals surface area contributed by atoms with Crippen molar-refractivity contribution in [3.8, 4) is 0 Å². The molecule has 0 unspecified atom stereocenters. The molecule has 3 aromatic rings. The maximum atomic E-state index is 13.0. The van der Waals surface area contributed by atoms with Crippen LogP contribution in [-0.2, 0) is 24.8 Å². The van der Waals surface area contributed by atoms with Gasteiger partial charge in [-0.2, -0.15) is 0 Å². The molecule has 2 aromatic heterocycles. The Kier molecular flexibility index (Phi) is 6.05. The highest BCUT2D eigenvalue weighted by Gasteiger charge is 2.14. The van der Waals surface area contributed by atoms with Gasteiger partial charge >= 0.3 is 0 Å². The normalized spacial score (nSPS) is 10.9. The second kappa shape index (κ2) is 8.46. The van der Waals surface area contributed by atoms with Crippen molar-refractivity contribution in [1.29, 1.82) is 0 Å². The zero-order valence-corrected chi connectivity index (χ0v) is 16.2. The van der Waals surface area contributed by atoms with Gasteiger partial charge in [0.05, 0.1) is 5.75 Å². The molecule has 0 radical (unpaired) electrons. The number of nitrogens with zero attached hydrogens (tertiary/aromatic N) is 4. The summed E-state index contributed by atoms with van der Waals surface area (Å²) >= 11 is 3.06. The molecule has 136 valence electrons. The van der Waals surface area contributed by atoms with Crippen molar-refractivity contribution in [1.82, 2.24) is 19.7 Å². The molecule has 3 rings (SSSR count). The number of aromatic nitrogens is 3. The second-order valence-electron chi connectivity index (χ2n) is 5.88. The lowest BCUT2D eigenvalue weighted by Crippen LogP contribution is -2.27. The molecule has 0 aliphatic carbocycles. The lowest BCUT2D eigenvalue weighted by molar-refractivity contribution is -0.127. The van der Waals surface area contributed by atoms with Crippen LogP contribution in [0.4, 0.5) is 4.39 Å². The van der Waals surface area contributed by atoms with E-state index in [-0.39, 0.29) is 17.5 Å². The highest BCUT2D eigenvalue weighted by atomic mass is 32.2. The van der Waals surface area contributed by atoms with Crippen LogP contribution in [0.3, 0.4) is 0 Å². The highest BCUT2D eigenvalue weighted by Crippen LogP contribution is 2.19. The quantitative estimate of drug-likeness (QED) is 0.581. The number of carbonyl (C=O) groups is 1. The van der Waals surface area contributed by atoms with Gasteiger partial charge < -0.3 is 9.47 Å². The van der Waals surface area contributed by atoms with E-state index < -0.39 is 0 Å². The van der Waals surface area contributed by atoms with Crippen molar-refractivity contribution in [3.05, 3.63) is 63.9 Å². The summed E-state index contributed by atoms with van der Waals surface area (Å²) in [5.74, 6) is 0.867. The highest BCUT2D eigenvalue weighted by molar-refractivity contribution is 7.99. The largest absolute Gasteiger partial charge is 0.341 e. The number of rotatable bonds is 7. The molecular formula is C18H19FN4OS2. The van der Waals surface area contributed by atoms with E-state index in [9.17, 15) is 9.18 Å². The number of halogens is 1. The molecule has 0 bridgehead atoms. The third-order valence-corrected chi connectivity index (χ3v) is 5.80. The molecule has 0 N–H and O–H groups in total. The van der Waals surface area contributed by atoms with Gasteiger partial charge in [0.15, 0.2) is 5.16 Å². The first kappa shape index (κ1) is 18.6. The summed E-state index contributed by atoms with van der Waals surface area (Å²) in [5.41, 5.74) is 0.893. The van der Waals surface area contributed by atoms with Crippen LogP contribution >= 0.6 is 23.1 Å². The number of hydrogen-bond acceptors (Lipinski definition) is 5. The summed E-state index contributed by atoms with van der Waals surface area (Å²) in [6.45, 7) is 0.447. The minimum absolute atomic E-state index is 0.0119. The van der Waals surface area contributed by atoms with Gasteiger partial charge in [-0.25, -0.2) is 4.39 Å². The van der Waals surface area contributed by atoms with E-state index in [4.69, 9.17) is 0 Å². The Hall–Kier alpha value is -2.19. The number of carbonyl (C=O) groups excluding carboxylic acids is 1. The van der Waals surface area contributed by atoms with Gasteiger partial charge in [-0.05, 0) is 29.1 Å². The summed E-state index contributed by atoms with van der Waals surface area (Å²) in [5, 5.41) is 11.2. The summed E-state index contributed by atoms with van der Waals surface area (Å²) in [4.78, 5) is 15.2. The van der Waals surface area contributed by atoms with Crippen molar-refractivity contribution < 1.29 is 9.18 Å². The Morgan fingerprint density at radius 2 is 2.04 bits per heavy atom. The Morgan fingerprint density at radius 3 is 2.73 bits per heavy atom. The van der Waals surface area contributed by atoms with Gasteiger partial charge in [0.25, 0.3) is 0 Å². The Morgan fingerprint density at radius 1 is 1.27 bits per heavy atom. The van der Waals surface area contributed by atoms with E-state index in [2.05, 4.69) is 16.3 Å². The van der Waals surface area contributed by atoms with Crippen LogP contribution in [0.1, 0.15) is 16.3 Å². The van der Waals surface area contributed by atoms with Crippen LogP contribution in [0, 0.1) is 5.82 Å². The van der Waals surface area contributed by atoms with E-state index in [1.807, 2.05) is 23.1 Å². The summed E-state index contributed by atoms with van der Waals surface area (Å²) in [7, 11) is 3.66. The fourth-order valence-electron chi connectivity index (χ4n) is 2.38. The van der Waals surface area contributed by atoms with Gasteiger partial charge in [-0.1, -0.05) is 30.0 Å². The zero-order valence-electron chi connectivity index (χ0n) is 14.6. The average molecular weight is 391 g/mol. The third-order valence-electron chi connectivity index (χ3n) is 3.92. The third kappa shape index (κ3) is 4.70. The molecule has 0 saturated heterocycles. The number of amides is 1. The number of thiophene rings is 1. The predicted molar refractivity (Wildman–Crippen MR) is 102 cm³/mol. The molecule has 0 aliphatic rings. The van der Waals surface area contributed by atoms with Gasteiger partial charge in [-0.3, -0.25) is 4.79 Å². The minimum atomic E-state index is -0.279. The van der Waals surface area contributed by atoms with Crippen LogP contribution in [0.25, 0.3) is 0 Å². The fourth-order valence-corrected chi connectivity index (χ4v) is 3.95. The number of thioether (sulfide) groups is 1. The minimum Gasteiger partial charge on any atom is -0.341 e. The van der Waals surface area contributed by atoms with Crippen LogP contribution < -0.4 is 0 Å². The molecule has 1 amide bonds. The van der Waals surface area contributed by atoms with Crippen molar-refractivity contribution in [2.75, 3.05) is 12.8 Å². The van der Waals surface area contributed by atoms with E-state index in [1.165, 1.54) is 28.8 Å². The van der Waals surface area contributed by atoms with Crippen LogP contribution in [0.5, 0.6) is 0 Å². The zero-order chi connectivity index (χ0) is 18.5. The van der Waals surface area contributed by atoms with E-state index in [0.717, 1.165) is 23.0 Å². The lowest BCUT2D eigenvalue weighted by atomic mass is 10.2. The van der Waals surface area contributed by atoms with Gasteiger partial charge in [-0.15, -0.1) is 21.5 Å². The molecular weight excluding hydrogens is 371 g/mol. The second-order valence-corrected chi connectivity index (χ2v) is 7.85. The van der Waals surface area contributed by atoms with Crippen molar-refractivity contribution in [2.24, 2.45) is 7.05 Å². The van der Waals surface area contributed by atoms with Crippen molar-refractivity contribution in [2.45, 2.75) is 18.1 Å². The molecule has 0 atom stereocenters. The topological polar surface area (TPSA) is 51.0 Å². The fraction of sp³-hybridized carbons (Fsp3) is 0.278. The van der Waals surface area contributed by atoms with Gasteiger partial charge in [0.1, 0.15) is 11.6 Å². The Balaban J connectivity index is 1.54. The molecule has 26 heavy (non-hydrogen) atoms. The van der Waals surface area contributed by atoms with Crippen LogP contribution in [0.2, 0.25) is 0 Å². The van der Waals surface area contributed by atoms with E-state index >= 15 is 0 Å². The summed E-state index contributed by atoms with van der Waals surface area (Å²) in [6.07, 6.45) is 0.736. The molecule has 0 spiro atoms. The Bertz CT molecular complexity index is 862. The van der Waals surface area contributed by atoms with Gasteiger partial charge in [0.2, 0.25) is 5.91 Å². The first-order valence-electron chi connectivity index (χ1n) is 8.05.